The van der Waals surface area contributed by atoms with E-state index in [9.17, 15) is 4.79 Å². The molecule has 1 aromatic heterocycles. The Balaban J connectivity index is 0.00000180. The maximum absolute atomic E-state index is 12.5. The number of hydrogen-bond donors (Lipinski definition) is 1. The van der Waals surface area contributed by atoms with Crippen LogP contribution >= 0.6 is 23.7 Å². The summed E-state index contributed by atoms with van der Waals surface area (Å²) in [6.45, 7) is 7.84. The zero-order valence-corrected chi connectivity index (χ0v) is 13.4. The first kappa shape index (κ1) is 16.5. The van der Waals surface area contributed by atoms with Gasteiger partial charge < -0.3 is 10.6 Å². The summed E-state index contributed by atoms with van der Waals surface area (Å²) in [5, 5.41) is 2.02. The topological polar surface area (TPSA) is 46.3 Å². The van der Waals surface area contributed by atoms with Gasteiger partial charge in [0.25, 0.3) is 0 Å². The largest absolute Gasteiger partial charge is 0.341 e. The van der Waals surface area contributed by atoms with Crippen LogP contribution in [0.1, 0.15) is 38.0 Å². The molecular formula is C14H23ClN2OS. The molecule has 1 amide bonds. The lowest BCUT2D eigenvalue weighted by Gasteiger charge is -2.43. The molecule has 1 aliphatic heterocycles. The van der Waals surface area contributed by atoms with E-state index in [-0.39, 0.29) is 35.7 Å². The number of piperidine rings is 1. The molecule has 0 spiro atoms. The summed E-state index contributed by atoms with van der Waals surface area (Å²) in [5.74, 6) is 0.201. The minimum absolute atomic E-state index is 0. The third kappa shape index (κ3) is 3.50. The maximum atomic E-state index is 12.5. The summed E-state index contributed by atoms with van der Waals surface area (Å²) < 4.78 is 0. The summed E-state index contributed by atoms with van der Waals surface area (Å²) in [7, 11) is 0. The molecule has 3 nitrogen and oxygen atoms in total. The first-order chi connectivity index (χ1) is 8.42. The predicted molar refractivity (Wildman–Crippen MR) is 82.9 cm³/mol. The second kappa shape index (κ2) is 6.25. The number of thiophene rings is 1. The lowest BCUT2D eigenvalue weighted by atomic mass is 9.79. The Kier molecular flexibility index (Phi) is 5.42. The summed E-state index contributed by atoms with van der Waals surface area (Å²) >= 11 is 1.65. The molecule has 0 aromatic carbocycles. The molecular weight excluding hydrogens is 280 g/mol. The van der Waals surface area contributed by atoms with Gasteiger partial charge in [0.05, 0.1) is 5.92 Å². The molecule has 1 fully saturated rings. The smallest absolute Gasteiger partial charge is 0.230 e. The zero-order valence-electron chi connectivity index (χ0n) is 11.8. The van der Waals surface area contributed by atoms with Crippen molar-refractivity contribution in [1.29, 1.82) is 0 Å². The molecule has 1 aliphatic rings. The fraction of sp³-hybridized carbons (Fsp3) is 0.643. The lowest BCUT2D eigenvalue weighted by Crippen LogP contribution is -2.54. The van der Waals surface area contributed by atoms with Crippen LogP contribution in [0.25, 0.3) is 0 Å². The first-order valence-corrected chi connectivity index (χ1v) is 7.37. The van der Waals surface area contributed by atoms with Crippen LogP contribution in [-0.2, 0) is 4.79 Å². The van der Waals surface area contributed by atoms with Gasteiger partial charge in [0.15, 0.2) is 0 Å². The van der Waals surface area contributed by atoms with E-state index in [1.165, 1.54) is 0 Å². The predicted octanol–water partition coefficient (Wildman–Crippen LogP) is 2.86. The number of nitrogens with zero attached hydrogens (tertiary/aromatic N) is 1. The summed E-state index contributed by atoms with van der Waals surface area (Å²) in [6.07, 6.45) is 0.899. The van der Waals surface area contributed by atoms with Crippen molar-refractivity contribution in [3.05, 3.63) is 22.4 Å². The Bertz CT molecular complexity index is 419. The molecule has 2 atom stereocenters. The molecule has 1 saturated heterocycles. The van der Waals surface area contributed by atoms with Gasteiger partial charge in [0.2, 0.25) is 5.91 Å². The van der Waals surface area contributed by atoms with Crippen molar-refractivity contribution in [2.75, 3.05) is 13.1 Å². The van der Waals surface area contributed by atoms with Gasteiger partial charge >= 0.3 is 0 Å². The van der Waals surface area contributed by atoms with Crippen molar-refractivity contribution in [2.24, 2.45) is 11.1 Å². The van der Waals surface area contributed by atoms with Crippen LogP contribution in [-0.4, -0.2) is 29.9 Å². The number of hydrogen-bond acceptors (Lipinski definition) is 3. The van der Waals surface area contributed by atoms with Gasteiger partial charge in [-0.25, -0.2) is 0 Å². The van der Waals surface area contributed by atoms with E-state index in [0.29, 0.717) is 0 Å². The fourth-order valence-corrected chi connectivity index (χ4v) is 3.27. The van der Waals surface area contributed by atoms with Crippen LogP contribution in [0.2, 0.25) is 0 Å². The van der Waals surface area contributed by atoms with Crippen molar-refractivity contribution in [3.8, 4) is 0 Å². The Morgan fingerprint density at radius 2 is 2.26 bits per heavy atom. The van der Waals surface area contributed by atoms with E-state index in [1.807, 2.05) is 29.3 Å². The maximum Gasteiger partial charge on any atom is 0.230 e. The van der Waals surface area contributed by atoms with E-state index >= 15 is 0 Å². The van der Waals surface area contributed by atoms with Crippen LogP contribution in [0.15, 0.2) is 17.5 Å². The first-order valence-electron chi connectivity index (χ1n) is 6.49. The SMILES string of the molecule is CC(C(=O)N1CCC(N)C(C)(C)C1)c1cccs1.Cl. The van der Waals surface area contributed by atoms with Gasteiger partial charge in [-0.3, -0.25) is 4.79 Å². The second-order valence-electron chi connectivity index (χ2n) is 5.88. The van der Waals surface area contributed by atoms with Crippen LogP contribution in [0.3, 0.4) is 0 Å². The monoisotopic (exact) mass is 302 g/mol. The molecule has 1 aromatic rings. The van der Waals surface area contributed by atoms with Crippen molar-refractivity contribution in [1.82, 2.24) is 4.90 Å². The highest BCUT2D eigenvalue weighted by atomic mass is 35.5. The van der Waals surface area contributed by atoms with Crippen molar-refractivity contribution < 1.29 is 4.79 Å². The molecule has 0 radical (unpaired) electrons. The van der Waals surface area contributed by atoms with Gasteiger partial charge in [0.1, 0.15) is 0 Å². The van der Waals surface area contributed by atoms with Crippen molar-refractivity contribution in [2.45, 2.75) is 39.2 Å². The van der Waals surface area contributed by atoms with Crippen LogP contribution in [0.4, 0.5) is 0 Å². The highest BCUT2D eigenvalue weighted by molar-refractivity contribution is 7.10. The minimum Gasteiger partial charge on any atom is -0.341 e. The fourth-order valence-electron chi connectivity index (χ4n) is 2.50. The van der Waals surface area contributed by atoms with E-state index in [1.54, 1.807) is 11.3 Å². The van der Waals surface area contributed by atoms with Gasteiger partial charge in [-0.2, -0.15) is 0 Å². The molecule has 19 heavy (non-hydrogen) atoms. The quantitative estimate of drug-likeness (QED) is 0.913. The number of likely N-dealkylation sites (tertiary alicyclic amines) is 1. The molecule has 2 heterocycles. The Labute approximate surface area is 125 Å². The number of carbonyl (C=O) groups is 1. The summed E-state index contributed by atoms with van der Waals surface area (Å²) in [4.78, 5) is 15.6. The minimum atomic E-state index is -0.0323. The van der Waals surface area contributed by atoms with E-state index < -0.39 is 0 Å². The average molecular weight is 303 g/mol. The molecule has 108 valence electrons. The highest BCUT2D eigenvalue weighted by Crippen LogP contribution is 2.30. The molecule has 0 saturated carbocycles. The van der Waals surface area contributed by atoms with E-state index in [0.717, 1.165) is 24.4 Å². The number of nitrogens with two attached hydrogens (primary N) is 1. The standard InChI is InChI=1S/C14H22N2OS.ClH/c1-10(11-5-4-8-18-11)13(17)16-7-6-12(15)14(2,3)9-16;/h4-5,8,10,12H,6-7,9,15H2,1-3H3;1H. The van der Waals surface area contributed by atoms with Gasteiger partial charge in [-0.05, 0) is 30.2 Å². The van der Waals surface area contributed by atoms with Gasteiger partial charge in [-0.1, -0.05) is 19.9 Å². The molecule has 2 unspecified atom stereocenters. The van der Waals surface area contributed by atoms with E-state index in [4.69, 9.17) is 5.73 Å². The normalized spacial score (nSPS) is 23.6. The van der Waals surface area contributed by atoms with E-state index in [2.05, 4.69) is 13.8 Å². The van der Waals surface area contributed by atoms with Gasteiger partial charge in [0, 0.05) is 24.0 Å². The number of amides is 1. The third-order valence-corrected chi connectivity index (χ3v) is 5.02. The highest BCUT2D eigenvalue weighted by Gasteiger charge is 2.36. The summed E-state index contributed by atoms with van der Waals surface area (Å²) in [5.41, 5.74) is 6.13. The van der Waals surface area contributed by atoms with Crippen LogP contribution < -0.4 is 5.73 Å². The van der Waals surface area contributed by atoms with Crippen molar-refractivity contribution in [3.63, 3.8) is 0 Å². The van der Waals surface area contributed by atoms with Gasteiger partial charge in [-0.15, -0.1) is 23.7 Å². The Morgan fingerprint density at radius 1 is 1.58 bits per heavy atom. The number of rotatable bonds is 2. The third-order valence-electron chi connectivity index (χ3n) is 3.96. The Morgan fingerprint density at radius 3 is 2.79 bits per heavy atom. The Hall–Kier alpha value is -0.580. The van der Waals surface area contributed by atoms with Crippen molar-refractivity contribution >= 4 is 29.7 Å². The van der Waals surface area contributed by atoms with Crippen LogP contribution in [0, 0.1) is 5.41 Å². The molecule has 5 heteroatoms. The number of halogens is 1. The lowest BCUT2D eigenvalue weighted by molar-refractivity contribution is -0.135. The zero-order chi connectivity index (χ0) is 13.3. The molecule has 0 aliphatic carbocycles. The van der Waals surface area contributed by atoms with Crippen LogP contribution in [0.5, 0.6) is 0 Å². The number of carbonyl (C=O) groups excluding carboxylic acids is 1. The molecule has 2 rings (SSSR count). The second-order valence-corrected chi connectivity index (χ2v) is 6.86. The molecule has 0 bridgehead atoms. The average Bonchev–Trinajstić information content (AvgIpc) is 2.84. The molecule has 2 N–H and O–H groups in total. The summed E-state index contributed by atoms with van der Waals surface area (Å²) in [6, 6.07) is 4.23.